The lowest BCUT2D eigenvalue weighted by atomic mass is 10.1. The third-order valence-electron chi connectivity index (χ3n) is 4.33. The van der Waals surface area contributed by atoms with Crippen molar-refractivity contribution in [3.8, 4) is 5.88 Å². The zero-order valence-electron chi connectivity index (χ0n) is 13.9. The first-order chi connectivity index (χ1) is 12.1. The van der Waals surface area contributed by atoms with Crippen molar-refractivity contribution >= 4 is 45.7 Å². The Hall–Kier alpha value is -2.92. The predicted octanol–water partition coefficient (Wildman–Crippen LogP) is 5.47. The van der Waals surface area contributed by atoms with Crippen LogP contribution in [-0.2, 0) is 0 Å². The van der Waals surface area contributed by atoms with Crippen LogP contribution in [0, 0.1) is 13.8 Å². The van der Waals surface area contributed by atoms with Crippen LogP contribution in [0.1, 0.15) is 21.6 Å². The summed E-state index contributed by atoms with van der Waals surface area (Å²) in [6.07, 6.45) is 3.75. The highest BCUT2D eigenvalue weighted by atomic mass is 32.1. The summed E-state index contributed by atoms with van der Waals surface area (Å²) in [6.45, 7) is 4.15. The van der Waals surface area contributed by atoms with Gasteiger partial charge in [-0.15, -0.1) is 0 Å². The Morgan fingerprint density at radius 2 is 1.92 bits per heavy atom. The van der Waals surface area contributed by atoms with Crippen LogP contribution in [0.5, 0.6) is 5.88 Å². The molecule has 3 aromatic rings. The lowest BCUT2D eigenvalue weighted by Gasteiger charge is -2.08. The number of aliphatic imine (C=N–C) groups is 1. The molecule has 0 spiro atoms. The number of rotatable bonds is 3. The van der Waals surface area contributed by atoms with Gasteiger partial charge in [0, 0.05) is 23.0 Å². The number of thiazole rings is 1. The molecule has 2 aromatic carbocycles. The van der Waals surface area contributed by atoms with Gasteiger partial charge >= 0.3 is 0 Å². The number of hydrogen-bond donors (Lipinski definition) is 2. The Labute approximate surface area is 150 Å². The SMILES string of the molecule is Cc1cccc(Nc2nc(O)c(C=C3C=Nc4ccccc43)s2)c1C. The molecule has 2 N–H and O–H groups in total. The molecule has 1 aliphatic heterocycles. The number of hydrogen-bond acceptors (Lipinski definition) is 5. The molecule has 0 aliphatic carbocycles. The summed E-state index contributed by atoms with van der Waals surface area (Å²) in [5.41, 5.74) is 6.39. The molecule has 4 rings (SSSR count). The third kappa shape index (κ3) is 2.94. The van der Waals surface area contributed by atoms with Crippen molar-refractivity contribution in [3.63, 3.8) is 0 Å². The molecule has 0 fully saturated rings. The average molecular weight is 347 g/mol. The highest BCUT2D eigenvalue weighted by Crippen LogP contribution is 2.37. The summed E-state index contributed by atoms with van der Waals surface area (Å²) in [5.74, 6) is 0.0306. The van der Waals surface area contributed by atoms with E-state index in [1.54, 1.807) is 0 Å². The van der Waals surface area contributed by atoms with Crippen LogP contribution >= 0.6 is 11.3 Å². The van der Waals surface area contributed by atoms with Gasteiger partial charge in [-0.25, -0.2) is 0 Å². The number of aryl methyl sites for hydroxylation is 1. The second-order valence-corrected chi connectivity index (χ2v) is 6.99. The fourth-order valence-corrected chi connectivity index (χ4v) is 3.59. The van der Waals surface area contributed by atoms with Gasteiger partial charge in [0.05, 0.1) is 10.6 Å². The van der Waals surface area contributed by atoms with E-state index in [0.717, 1.165) is 22.5 Å². The Kier molecular flexibility index (Phi) is 3.86. The van der Waals surface area contributed by atoms with Crippen LogP contribution in [0.4, 0.5) is 16.5 Å². The molecular formula is C20H17N3OS. The Bertz CT molecular complexity index is 1020. The summed E-state index contributed by atoms with van der Waals surface area (Å²) < 4.78 is 0. The molecule has 0 radical (unpaired) electrons. The van der Waals surface area contributed by atoms with E-state index in [-0.39, 0.29) is 5.88 Å². The molecule has 0 bridgehead atoms. The van der Waals surface area contributed by atoms with Crippen molar-refractivity contribution in [1.82, 2.24) is 4.98 Å². The van der Waals surface area contributed by atoms with E-state index in [0.29, 0.717) is 10.0 Å². The maximum atomic E-state index is 10.2. The average Bonchev–Trinajstić information content (AvgIpc) is 3.16. The summed E-state index contributed by atoms with van der Waals surface area (Å²) in [5, 5.41) is 14.2. The Morgan fingerprint density at radius 1 is 1.08 bits per heavy atom. The third-order valence-corrected chi connectivity index (χ3v) is 5.23. The molecule has 0 saturated carbocycles. The molecule has 5 heteroatoms. The first kappa shape index (κ1) is 15.6. The monoisotopic (exact) mass is 347 g/mol. The minimum atomic E-state index is 0.0306. The number of para-hydroxylation sites is 1. The van der Waals surface area contributed by atoms with Crippen LogP contribution in [0.15, 0.2) is 47.5 Å². The normalized spacial score (nSPS) is 14.1. The van der Waals surface area contributed by atoms with Crippen molar-refractivity contribution in [2.24, 2.45) is 4.99 Å². The number of nitrogens with zero attached hydrogens (tertiary/aromatic N) is 2. The van der Waals surface area contributed by atoms with Crippen molar-refractivity contribution in [1.29, 1.82) is 0 Å². The molecule has 124 valence electrons. The first-order valence-electron chi connectivity index (χ1n) is 8.00. The van der Waals surface area contributed by atoms with Gasteiger partial charge in [-0.3, -0.25) is 4.99 Å². The topological polar surface area (TPSA) is 57.5 Å². The van der Waals surface area contributed by atoms with E-state index in [1.807, 2.05) is 48.7 Å². The number of allylic oxidation sites excluding steroid dienone is 1. The lowest BCUT2D eigenvalue weighted by Crippen LogP contribution is -1.93. The van der Waals surface area contributed by atoms with Crippen molar-refractivity contribution in [2.45, 2.75) is 13.8 Å². The summed E-state index contributed by atoms with van der Waals surface area (Å²) in [4.78, 5) is 9.36. The lowest BCUT2D eigenvalue weighted by molar-refractivity contribution is 0.457. The standard InChI is InChI=1S/C20H17N3OS/c1-12-6-5-9-16(13(12)2)22-20-23-19(24)18(25-20)10-14-11-21-17-8-4-3-7-15(14)17/h3-11,24H,1-2H3,(H,22,23). The maximum Gasteiger partial charge on any atom is 0.231 e. The molecule has 1 aliphatic rings. The maximum absolute atomic E-state index is 10.2. The van der Waals surface area contributed by atoms with Gasteiger partial charge in [-0.2, -0.15) is 4.98 Å². The summed E-state index contributed by atoms with van der Waals surface area (Å²) in [6, 6.07) is 14.1. The van der Waals surface area contributed by atoms with Crippen LogP contribution in [0.3, 0.4) is 0 Å². The van der Waals surface area contributed by atoms with E-state index in [4.69, 9.17) is 0 Å². The number of anilines is 2. The highest BCUT2D eigenvalue weighted by molar-refractivity contribution is 7.16. The smallest absolute Gasteiger partial charge is 0.231 e. The first-order valence-corrected chi connectivity index (χ1v) is 8.81. The molecule has 0 saturated heterocycles. The van der Waals surface area contributed by atoms with Crippen LogP contribution < -0.4 is 5.32 Å². The molecule has 0 atom stereocenters. The zero-order valence-corrected chi connectivity index (χ0v) is 14.8. The minimum Gasteiger partial charge on any atom is -0.492 e. The zero-order chi connectivity index (χ0) is 17.4. The Balaban J connectivity index is 1.65. The molecule has 0 unspecified atom stereocenters. The largest absolute Gasteiger partial charge is 0.492 e. The molecule has 0 amide bonds. The quantitative estimate of drug-likeness (QED) is 0.661. The van der Waals surface area contributed by atoms with Crippen LogP contribution in [0.2, 0.25) is 0 Å². The Morgan fingerprint density at radius 3 is 2.80 bits per heavy atom. The van der Waals surface area contributed by atoms with Gasteiger partial charge in [0.2, 0.25) is 5.88 Å². The minimum absolute atomic E-state index is 0.0306. The van der Waals surface area contributed by atoms with Crippen LogP contribution in [0.25, 0.3) is 11.6 Å². The number of nitrogens with one attached hydrogen (secondary N) is 1. The van der Waals surface area contributed by atoms with E-state index in [9.17, 15) is 5.11 Å². The van der Waals surface area contributed by atoms with Crippen molar-refractivity contribution < 1.29 is 5.11 Å². The number of fused-ring (bicyclic) bond motifs is 1. The van der Waals surface area contributed by atoms with Crippen molar-refractivity contribution in [3.05, 3.63) is 64.0 Å². The fourth-order valence-electron chi connectivity index (χ4n) is 2.77. The summed E-state index contributed by atoms with van der Waals surface area (Å²) in [7, 11) is 0. The fraction of sp³-hybridized carbons (Fsp3) is 0.100. The number of aromatic nitrogens is 1. The second-order valence-electron chi connectivity index (χ2n) is 5.95. The van der Waals surface area contributed by atoms with E-state index >= 15 is 0 Å². The van der Waals surface area contributed by atoms with Gasteiger partial charge in [0.15, 0.2) is 5.13 Å². The predicted molar refractivity (Wildman–Crippen MR) is 105 cm³/mol. The molecular weight excluding hydrogens is 330 g/mol. The number of aromatic hydroxyl groups is 1. The molecule has 25 heavy (non-hydrogen) atoms. The van der Waals surface area contributed by atoms with E-state index < -0.39 is 0 Å². The van der Waals surface area contributed by atoms with Gasteiger partial charge in [-0.05, 0) is 43.2 Å². The number of benzene rings is 2. The second kappa shape index (κ2) is 6.18. The molecule has 2 heterocycles. The van der Waals surface area contributed by atoms with Gasteiger partial charge in [0.25, 0.3) is 0 Å². The van der Waals surface area contributed by atoms with Crippen molar-refractivity contribution in [2.75, 3.05) is 5.32 Å². The molecule has 4 nitrogen and oxygen atoms in total. The van der Waals surface area contributed by atoms with Crippen LogP contribution in [-0.4, -0.2) is 16.3 Å². The van der Waals surface area contributed by atoms with Gasteiger partial charge in [0.1, 0.15) is 0 Å². The van der Waals surface area contributed by atoms with E-state index in [2.05, 4.69) is 35.2 Å². The molecule has 1 aromatic heterocycles. The van der Waals surface area contributed by atoms with Gasteiger partial charge in [-0.1, -0.05) is 41.7 Å². The van der Waals surface area contributed by atoms with Gasteiger partial charge < -0.3 is 10.4 Å². The summed E-state index contributed by atoms with van der Waals surface area (Å²) >= 11 is 1.42. The highest BCUT2D eigenvalue weighted by Gasteiger charge is 2.15. The van der Waals surface area contributed by atoms with E-state index in [1.165, 1.54) is 22.5 Å².